The van der Waals surface area contributed by atoms with Crippen molar-refractivity contribution >= 4 is 16.5 Å². The maximum atomic E-state index is 12.7. The fourth-order valence-corrected chi connectivity index (χ4v) is 3.23. The van der Waals surface area contributed by atoms with Crippen LogP contribution in [0.25, 0.3) is 11.3 Å². The molecule has 1 saturated carbocycles. The molecule has 0 bridgehead atoms. The predicted octanol–water partition coefficient (Wildman–Crippen LogP) is 4.06. The number of rotatable bonds is 5. The quantitative estimate of drug-likeness (QED) is 0.889. The van der Waals surface area contributed by atoms with Crippen molar-refractivity contribution in [3.63, 3.8) is 0 Å². The van der Waals surface area contributed by atoms with E-state index in [0.29, 0.717) is 28.4 Å². The van der Waals surface area contributed by atoms with Crippen LogP contribution in [0.3, 0.4) is 0 Å². The van der Waals surface area contributed by atoms with Crippen molar-refractivity contribution in [2.75, 3.05) is 19.0 Å². The van der Waals surface area contributed by atoms with Crippen LogP contribution in [-0.2, 0) is 10.9 Å². The Kier molecular flexibility index (Phi) is 4.54. The van der Waals surface area contributed by atoms with Crippen LogP contribution in [0.4, 0.5) is 18.3 Å². The molecule has 3 rings (SSSR count). The summed E-state index contributed by atoms with van der Waals surface area (Å²) >= 11 is 1.39. The lowest BCUT2D eigenvalue weighted by Gasteiger charge is -2.34. The van der Waals surface area contributed by atoms with E-state index in [2.05, 4.69) is 15.3 Å². The van der Waals surface area contributed by atoms with Gasteiger partial charge >= 0.3 is 6.18 Å². The minimum absolute atomic E-state index is 0.353. The molecule has 0 aliphatic heterocycles. The van der Waals surface area contributed by atoms with Gasteiger partial charge in [-0.1, -0.05) is 0 Å². The van der Waals surface area contributed by atoms with E-state index in [0.717, 1.165) is 31.6 Å². The molecule has 8 heteroatoms. The molecule has 1 N–H and O–H groups in total. The average molecular weight is 343 g/mol. The molecule has 0 saturated heterocycles. The van der Waals surface area contributed by atoms with Crippen molar-refractivity contribution in [2.45, 2.75) is 25.1 Å². The van der Waals surface area contributed by atoms with Gasteiger partial charge in [-0.2, -0.15) is 13.2 Å². The van der Waals surface area contributed by atoms with Crippen molar-refractivity contribution < 1.29 is 17.9 Å². The first-order valence-corrected chi connectivity index (χ1v) is 8.09. The number of pyridine rings is 1. The van der Waals surface area contributed by atoms with Crippen molar-refractivity contribution in [1.29, 1.82) is 0 Å². The molecule has 2 aromatic heterocycles. The van der Waals surface area contributed by atoms with E-state index in [1.54, 1.807) is 12.5 Å². The average Bonchev–Trinajstić information content (AvgIpc) is 2.94. The van der Waals surface area contributed by atoms with Crippen LogP contribution in [0.2, 0.25) is 0 Å². The molecule has 1 aliphatic carbocycles. The maximum Gasteiger partial charge on any atom is 0.433 e. The van der Waals surface area contributed by atoms with Gasteiger partial charge in [0, 0.05) is 30.8 Å². The Balaban J connectivity index is 1.63. The first-order valence-electron chi connectivity index (χ1n) is 7.21. The highest BCUT2D eigenvalue weighted by molar-refractivity contribution is 7.14. The van der Waals surface area contributed by atoms with E-state index in [1.807, 2.05) is 0 Å². The molecule has 1 aliphatic rings. The summed E-state index contributed by atoms with van der Waals surface area (Å²) in [5.74, 6) is 0.560. The van der Waals surface area contributed by atoms with E-state index < -0.39 is 11.9 Å². The third-order valence-electron chi connectivity index (χ3n) is 3.92. The molecular formula is C15H16F3N3OS. The number of nitrogens with one attached hydrogen (secondary N) is 1. The highest BCUT2D eigenvalue weighted by Crippen LogP contribution is 2.33. The van der Waals surface area contributed by atoms with Crippen LogP contribution in [0, 0.1) is 5.92 Å². The Morgan fingerprint density at radius 2 is 2.17 bits per heavy atom. The number of methoxy groups -OCH3 is 1. The number of halogens is 3. The third-order valence-corrected chi connectivity index (χ3v) is 4.72. The SMILES string of the molecule is COC1CC(CNc2nc(-c3ccnc(C(F)(F)F)c3)cs2)C1. The Hall–Kier alpha value is -1.67. The van der Waals surface area contributed by atoms with Gasteiger partial charge in [-0.3, -0.25) is 4.98 Å². The second kappa shape index (κ2) is 6.45. The largest absolute Gasteiger partial charge is 0.433 e. The monoisotopic (exact) mass is 343 g/mol. The number of ether oxygens (including phenoxy) is 1. The number of anilines is 1. The molecule has 0 atom stereocenters. The van der Waals surface area contributed by atoms with Gasteiger partial charge in [0.25, 0.3) is 0 Å². The summed E-state index contributed by atoms with van der Waals surface area (Å²) in [7, 11) is 1.71. The number of thiazole rings is 1. The molecule has 0 radical (unpaired) electrons. The van der Waals surface area contributed by atoms with Gasteiger partial charge in [-0.05, 0) is 30.9 Å². The number of hydrogen-bond acceptors (Lipinski definition) is 5. The Morgan fingerprint density at radius 1 is 1.39 bits per heavy atom. The molecule has 0 spiro atoms. The highest BCUT2D eigenvalue weighted by Gasteiger charge is 2.32. The number of aromatic nitrogens is 2. The molecule has 4 nitrogen and oxygen atoms in total. The van der Waals surface area contributed by atoms with Crippen molar-refractivity contribution in [1.82, 2.24) is 9.97 Å². The fraction of sp³-hybridized carbons (Fsp3) is 0.467. The summed E-state index contributed by atoms with van der Waals surface area (Å²) < 4.78 is 43.3. The van der Waals surface area contributed by atoms with E-state index in [4.69, 9.17) is 4.74 Å². The van der Waals surface area contributed by atoms with Crippen molar-refractivity contribution in [3.8, 4) is 11.3 Å². The summed E-state index contributed by atoms with van der Waals surface area (Å²) in [6.45, 7) is 0.803. The van der Waals surface area contributed by atoms with Gasteiger partial charge in [-0.25, -0.2) is 4.98 Å². The molecule has 124 valence electrons. The lowest BCUT2D eigenvalue weighted by atomic mass is 9.82. The lowest BCUT2D eigenvalue weighted by molar-refractivity contribution is -0.141. The van der Waals surface area contributed by atoms with Crippen LogP contribution in [-0.4, -0.2) is 29.7 Å². The fourth-order valence-electron chi connectivity index (χ4n) is 2.50. The summed E-state index contributed by atoms with van der Waals surface area (Å²) in [6, 6.07) is 2.55. The molecular weight excluding hydrogens is 327 g/mol. The van der Waals surface area contributed by atoms with Gasteiger partial charge in [0.1, 0.15) is 5.69 Å². The Bertz CT molecular complexity index is 668. The molecule has 1 fully saturated rings. The van der Waals surface area contributed by atoms with Gasteiger partial charge in [0.2, 0.25) is 0 Å². The molecule has 0 aromatic carbocycles. The second-order valence-electron chi connectivity index (χ2n) is 5.54. The zero-order valence-electron chi connectivity index (χ0n) is 12.4. The first kappa shape index (κ1) is 16.2. The van der Waals surface area contributed by atoms with Gasteiger partial charge in [0.15, 0.2) is 5.13 Å². The van der Waals surface area contributed by atoms with E-state index in [9.17, 15) is 13.2 Å². The zero-order chi connectivity index (χ0) is 16.4. The van der Waals surface area contributed by atoms with E-state index >= 15 is 0 Å². The summed E-state index contributed by atoms with van der Waals surface area (Å²) in [5.41, 5.74) is 0.0334. The minimum atomic E-state index is -4.45. The van der Waals surface area contributed by atoms with Crippen LogP contribution in [0.15, 0.2) is 23.7 Å². The molecule has 0 amide bonds. The normalized spacial score (nSPS) is 21.0. The topological polar surface area (TPSA) is 47.0 Å². The maximum absolute atomic E-state index is 12.7. The molecule has 23 heavy (non-hydrogen) atoms. The minimum Gasteiger partial charge on any atom is -0.381 e. The van der Waals surface area contributed by atoms with E-state index in [1.165, 1.54) is 17.4 Å². The van der Waals surface area contributed by atoms with Crippen LogP contribution in [0.5, 0.6) is 0 Å². The van der Waals surface area contributed by atoms with Crippen LogP contribution in [0.1, 0.15) is 18.5 Å². The Morgan fingerprint density at radius 3 is 2.87 bits per heavy atom. The highest BCUT2D eigenvalue weighted by atomic mass is 32.1. The van der Waals surface area contributed by atoms with E-state index in [-0.39, 0.29) is 0 Å². The molecule has 2 heterocycles. The number of nitrogens with zero attached hydrogens (tertiary/aromatic N) is 2. The molecule has 0 unspecified atom stereocenters. The summed E-state index contributed by atoms with van der Waals surface area (Å²) in [6.07, 6.45) is -0.882. The van der Waals surface area contributed by atoms with Crippen molar-refractivity contribution in [2.24, 2.45) is 5.92 Å². The number of hydrogen-bond donors (Lipinski definition) is 1. The van der Waals surface area contributed by atoms with Crippen molar-refractivity contribution in [3.05, 3.63) is 29.4 Å². The van der Waals surface area contributed by atoms with Gasteiger partial charge in [0.05, 0.1) is 11.8 Å². The standard InChI is InChI=1S/C15H16F3N3OS/c1-22-11-4-9(5-11)7-20-14-21-12(8-23-14)10-2-3-19-13(6-10)15(16,17)18/h2-3,6,8-9,11H,4-5,7H2,1H3,(H,20,21). The zero-order valence-corrected chi connectivity index (χ0v) is 13.2. The van der Waals surface area contributed by atoms with Gasteiger partial charge < -0.3 is 10.1 Å². The lowest BCUT2D eigenvalue weighted by Crippen LogP contribution is -2.34. The first-order chi connectivity index (χ1) is 11.0. The number of alkyl halides is 3. The third kappa shape index (κ3) is 3.81. The summed E-state index contributed by atoms with van der Waals surface area (Å²) in [4.78, 5) is 7.71. The van der Waals surface area contributed by atoms with Crippen LogP contribution >= 0.6 is 11.3 Å². The second-order valence-corrected chi connectivity index (χ2v) is 6.40. The van der Waals surface area contributed by atoms with Crippen LogP contribution < -0.4 is 5.32 Å². The smallest absolute Gasteiger partial charge is 0.381 e. The summed E-state index contributed by atoms with van der Waals surface area (Å²) in [5, 5.41) is 5.70. The van der Waals surface area contributed by atoms with Gasteiger partial charge in [-0.15, -0.1) is 11.3 Å². The Labute approximate surface area is 135 Å². The molecule has 2 aromatic rings. The predicted molar refractivity (Wildman–Crippen MR) is 82.4 cm³/mol.